The lowest BCUT2D eigenvalue weighted by molar-refractivity contribution is -0.119. The van der Waals surface area contributed by atoms with Crippen LogP contribution in [0.2, 0.25) is 0 Å². The minimum absolute atomic E-state index is 0.0273. The lowest BCUT2D eigenvalue weighted by atomic mass is 9.89. The summed E-state index contributed by atoms with van der Waals surface area (Å²) in [5.41, 5.74) is 6.47. The molecule has 0 aliphatic heterocycles. The Morgan fingerprint density at radius 1 is 1.13 bits per heavy atom. The van der Waals surface area contributed by atoms with E-state index in [0.717, 1.165) is 28.4 Å². The Kier molecular flexibility index (Phi) is 5.12. The summed E-state index contributed by atoms with van der Waals surface area (Å²) in [6.45, 7) is 2.03. The van der Waals surface area contributed by atoms with Crippen LogP contribution in [0.25, 0.3) is 22.1 Å². The number of benzene rings is 2. The maximum absolute atomic E-state index is 12.5. The molecule has 1 atom stereocenters. The van der Waals surface area contributed by atoms with Crippen molar-refractivity contribution >= 4 is 39.7 Å². The largest absolute Gasteiger partial charge is 0.349 e. The predicted octanol–water partition coefficient (Wildman–Crippen LogP) is 4.35. The Labute approximate surface area is 178 Å². The van der Waals surface area contributed by atoms with Crippen molar-refractivity contribution in [2.45, 2.75) is 43.8 Å². The number of H-pyrrole nitrogens is 1. The molecule has 1 aliphatic carbocycles. The highest BCUT2D eigenvalue weighted by Crippen LogP contribution is 2.25. The first kappa shape index (κ1) is 19.1. The topological polar surface area (TPSA) is 83.6 Å². The fourth-order valence-corrected chi connectivity index (χ4v) is 4.68. The number of nitrogens with zero attached hydrogens (tertiary/aromatic N) is 3. The number of nitrogens with one attached hydrogen (secondary N) is 2. The normalized spacial score (nSPS) is 14.6. The van der Waals surface area contributed by atoms with Crippen LogP contribution < -0.4 is 5.32 Å². The molecule has 1 amide bonds. The predicted molar refractivity (Wildman–Crippen MR) is 120 cm³/mol. The second kappa shape index (κ2) is 8.07. The van der Waals surface area contributed by atoms with Gasteiger partial charge in [0.2, 0.25) is 11.1 Å². The molecule has 0 spiro atoms. The van der Waals surface area contributed by atoms with Crippen LogP contribution in [0.5, 0.6) is 0 Å². The van der Waals surface area contributed by atoms with Crippen LogP contribution in [0.3, 0.4) is 0 Å². The number of carbonyl (C=O) groups excluding carboxylic acids is 1. The number of para-hydroxylation sites is 1. The number of hydrogen-bond acceptors (Lipinski definition) is 5. The van der Waals surface area contributed by atoms with Crippen LogP contribution in [-0.2, 0) is 17.6 Å². The van der Waals surface area contributed by atoms with Crippen molar-refractivity contribution in [2.24, 2.45) is 0 Å². The van der Waals surface area contributed by atoms with Gasteiger partial charge < -0.3 is 10.3 Å². The van der Waals surface area contributed by atoms with E-state index in [9.17, 15) is 4.79 Å². The molecule has 2 N–H and O–H groups in total. The SMILES string of the molecule is C[C@H](NC(=O)CSc1nnc2c(n1)[nH]c1ccccc12)c1ccc2c(c1)CCCC2. The number of rotatable bonds is 5. The first-order valence-corrected chi connectivity index (χ1v) is 11.3. The molecule has 0 saturated heterocycles. The van der Waals surface area contributed by atoms with Crippen molar-refractivity contribution in [3.8, 4) is 0 Å². The lowest BCUT2D eigenvalue weighted by Gasteiger charge is -2.20. The van der Waals surface area contributed by atoms with Crippen molar-refractivity contribution in [1.82, 2.24) is 25.5 Å². The Hall–Kier alpha value is -2.93. The third-order valence-corrected chi connectivity index (χ3v) is 6.52. The fourth-order valence-electron chi connectivity index (χ4n) is 4.09. The molecule has 6 nitrogen and oxygen atoms in total. The minimum atomic E-state index is -0.0365. The molecule has 2 aromatic carbocycles. The maximum Gasteiger partial charge on any atom is 0.230 e. The quantitative estimate of drug-likeness (QED) is 0.472. The van der Waals surface area contributed by atoms with Gasteiger partial charge >= 0.3 is 0 Å². The summed E-state index contributed by atoms with van der Waals surface area (Å²) in [4.78, 5) is 20.3. The molecular formula is C23H23N5OS. The van der Waals surface area contributed by atoms with E-state index < -0.39 is 0 Å². The number of hydrogen-bond donors (Lipinski definition) is 2. The van der Waals surface area contributed by atoms with E-state index >= 15 is 0 Å². The zero-order valence-electron chi connectivity index (χ0n) is 16.8. The molecular weight excluding hydrogens is 394 g/mol. The van der Waals surface area contributed by atoms with E-state index in [-0.39, 0.29) is 17.7 Å². The summed E-state index contributed by atoms with van der Waals surface area (Å²) >= 11 is 1.30. The van der Waals surface area contributed by atoms with Gasteiger partial charge in [-0.2, -0.15) is 0 Å². The van der Waals surface area contributed by atoms with Crippen LogP contribution in [0.4, 0.5) is 0 Å². The third-order valence-electron chi connectivity index (χ3n) is 5.68. The van der Waals surface area contributed by atoms with Crippen molar-refractivity contribution < 1.29 is 4.79 Å². The zero-order chi connectivity index (χ0) is 20.5. The average molecular weight is 418 g/mol. The highest BCUT2D eigenvalue weighted by molar-refractivity contribution is 7.99. The van der Waals surface area contributed by atoms with Gasteiger partial charge in [0.25, 0.3) is 0 Å². The van der Waals surface area contributed by atoms with Gasteiger partial charge in [0, 0.05) is 10.9 Å². The summed E-state index contributed by atoms with van der Waals surface area (Å²) in [6, 6.07) is 14.5. The second-order valence-electron chi connectivity index (χ2n) is 7.78. The molecule has 1 aliphatic rings. The van der Waals surface area contributed by atoms with E-state index in [1.54, 1.807) is 0 Å². The molecule has 0 radical (unpaired) electrons. The monoisotopic (exact) mass is 417 g/mol. The third kappa shape index (κ3) is 3.77. The number of aromatic nitrogens is 4. The lowest BCUT2D eigenvalue weighted by Crippen LogP contribution is -2.28. The van der Waals surface area contributed by atoms with Gasteiger partial charge in [0.05, 0.1) is 11.8 Å². The first-order valence-electron chi connectivity index (χ1n) is 10.3. The number of amides is 1. The van der Waals surface area contributed by atoms with Gasteiger partial charge in [-0.15, -0.1) is 10.2 Å². The van der Waals surface area contributed by atoms with Crippen molar-refractivity contribution in [3.05, 3.63) is 59.2 Å². The Balaban J connectivity index is 1.23. The zero-order valence-corrected chi connectivity index (χ0v) is 17.6. The summed E-state index contributed by atoms with van der Waals surface area (Å²) < 4.78 is 0. The van der Waals surface area contributed by atoms with Gasteiger partial charge in [-0.05, 0) is 55.4 Å². The van der Waals surface area contributed by atoms with E-state index in [1.165, 1.54) is 42.2 Å². The van der Waals surface area contributed by atoms with Crippen molar-refractivity contribution in [1.29, 1.82) is 0 Å². The summed E-state index contributed by atoms with van der Waals surface area (Å²) in [5, 5.41) is 13.1. The standard InChI is InChI=1S/C23H23N5OS/c1-14(16-11-10-15-6-2-3-7-17(15)12-16)24-20(29)13-30-23-26-22-21(27-28-23)18-8-4-5-9-19(18)25-22/h4-5,8-12,14H,2-3,6-7,13H2,1H3,(H,24,29)(H,25,26,28)/t14-/m0/s1. The molecule has 0 unspecified atom stereocenters. The van der Waals surface area contributed by atoms with Gasteiger partial charge in [-0.3, -0.25) is 4.79 Å². The first-order chi connectivity index (χ1) is 14.7. The maximum atomic E-state index is 12.5. The molecule has 0 fully saturated rings. The highest BCUT2D eigenvalue weighted by atomic mass is 32.2. The number of fused-ring (bicyclic) bond motifs is 4. The van der Waals surface area contributed by atoms with Crippen LogP contribution in [-0.4, -0.2) is 31.8 Å². The van der Waals surface area contributed by atoms with Crippen LogP contribution in [0.15, 0.2) is 47.6 Å². The molecule has 152 valence electrons. The van der Waals surface area contributed by atoms with Crippen LogP contribution in [0, 0.1) is 0 Å². The molecule has 4 aromatic rings. The smallest absolute Gasteiger partial charge is 0.230 e. The van der Waals surface area contributed by atoms with Gasteiger partial charge in [-0.1, -0.05) is 48.2 Å². The number of aromatic amines is 1. The van der Waals surface area contributed by atoms with E-state index in [4.69, 9.17) is 0 Å². The summed E-state index contributed by atoms with van der Waals surface area (Å²) in [5.74, 6) is 0.216. The average Bonchev–Trinajstić information content (AvgIpc) is 3.15. The van der Waals surface area contributed by atoms with E-state index in [1.807, 2.05) is 31.2 Å². The molecule has 5 rings (SSSR count). The van der Waals surface area contributed by atoms with Crippen molar-refractivity contribution in [2.75, 3.05) is 5.75 Å². The minimum Gasteiger partial charge on any atom is -0.349 e. The fraction of sp³-hybridized carbons (Fsp3) is 0.304. The van der Waals surface area contributed by atoms with Crippen molar-refractivity contribution in [3.63, 3.8) is 0 Å². The summed E-state index contributed by atoms with van der Waals surface area (Å²) in [6.07, 6.45) is 4.84. The Bertz CT molecular complexity index is 1230. The van der Waals surface area contributed by atoms with Crippen LogP contribution in [0.1, 0.15) is 42.5 Å². The molecule has 7 heteroatoms. The number of thioether (sulfide) groups is 1. The number of carbonyl (C=O) groups is 1. The van der Waals surface area contributed by atoms with E-state index in [2.05, 4.69) is 43.7 Å². The van der Waals surface area contributed by atoms with Gasteiger partial charge in [0.1, 0.15) is 5.52 Å². The Morgan fingerprint density at radius 2 is 1.97 bits per heavy atom. The Morgan fingerprint density at radius 3 is 2.87 bits per heavy atom. The molecule has 2 aromatic heterocycles. The highest BCUT2D eigenvalue weighted by Gasteiger charge is 2.15. The van der Waals surface area contributed by atoms with Crippen LogP contribution >= 0.6 is 11.8 Å². The second-order valence-corrected chi connectivity index (χ2v) is 8.72. The number of aryl methyl sites for hydroxylation is 2. The molecule has 2 heterocycles. The van der Waals surface area contributed by atoms with Gasteiger partial charge in [0.15, 0.2) is 5.65 Å². The molecule has 30 heavy (non-hydrogen) atoms. The van der Waals surface area contributed by atoms with E-state index in [0.29, 0.717) is 10.8 Å². The van der Waals surface area contributed by atoms with Gasteiger partial charge in [-0.25, -0.2) is 4.98 Å². The summed E-state index contributed by atoms with van der Waals surface area (Å²) in [7, 11) is 0. The molecule has 0 saturated carbocycles. The molecule has 0 bridgehead atoms.